The lowest BCUT2D eigenvalue weighted by atomic mass is 9.88. The molecule has 1 atom stereocenters. The smallest absolute Gasteiger partial charge is 0.227 e. The van der Waals surface area contributed by atoms with Crippen LogP contribution >= 0.6 is 0 Å². The van der Waals surface area contributed by atoms with Gasteiger partial charge in [-0.2, -0.15) is 0 Å². The number of hydrogen-bond donors (Lipinski definition) is 1. The van der Waals surface area contributed by atoms with E-state index in [0.717, 1.165) is 19.4 Å². The summed E-state index contributed by atoms with van der Waals surface area (Å²) in [4.78, 5) is 28.0. The molecule has 0 aromatic carbocycles. The molecule has 1 N–H and O–H groups in total. The summed E-state index contributed by atoms with van der Waals surface area (Å²) >= 11 is 0. The fourth-order valence-corrected chi connectivity index (χ4v) is 3.05. The molecule has 5 nitrogen and oxygen atoms in total. The van der Waals surface area contributed by atoms with E-state index in [9.17, 15) is 14.7 Å². The molecule has 0 saturated carbocycles. The Morgan fingerprint density at radius 1 is 1.30 bits per heavy atom. The summed E-state index contributed by atoms with van der Waals surface area (Å²) in [7, 11) is 0. The predicted molar refractivity (Wildman–Crippen MR) is 76.0 cm³/mol. The number of rotatable bonds is 3. The molecule has 2 amide bonds. The molecule has 2 aliphatic heterocycles. The van der Waals surface area contributed by atoms with Gasteiger partial charge in [-0.1, -0.05) is 20.8 Å². The Kier molecular flexibility index (Phi) is 4.37. The topological polar surface area (TPSA) is 60.9 Å². The SMILES string of the molecule is CCC1(O)CN(C(=O)C2CCCN(C(=O)C(C)C)C2)C1. The van der Waals surface area contributed by atoms with Crippen LogP contribution < -0.4 is 0 Å². The molecule has 2 saturated heterocycles. The summed E-state index contributed by atoms with van der Waals surface area (Å²) in [6.45, 7) is 7.91. The maximum Gasteiger partial charge on any atom is 0.227 e. The normalized spacial score (nSPS) is 25.6. The molecule has 0 aromatic heterocycles. The van der Waals surface area contributed by atoms with E-state index in [1.165, 1.54) is 0 Å². The highest BCUT2D eigenvalue weighted by Gasteiger charge is 2.44. The molecule has 114 valence electrons. The van der Waals surface area contributed by atoms with E-state index in [-0.39, 0.29) is 23.7 Å². The van der Waals surface area contributed by atoms with Crippen LogP contribution in [0.5, 0.6) is 0 Å². The van der Waals surface area contributed by atoms with E-state index < -0.39 is 5.60 Å². The van der Waals surface area contributed by atoms with E-state index in [4.69, 9.17) is 0 Å². The molecule has 1 unspecified atom stereocenters. The summed E-state index contributed by atoms with van der Waals surface area (Å²) in [6, 6.07) is 0. The molecular formula is C15H26N2O3. The van der Waals surface area contributed by atoms with Crippen molar-refractivity contribution in [2.24, 2.45) is 11.8 Å². The van der Waals surface area contributed by atoms with E-state index >= 15 is 0 Å². The Labute approximate surface area is 120 Å². The maximum atomic E-state index is 12.4. The molecule has 0 aromatic rings. The van der Waals surface area contributed by atoms with Crippen LogP contribution in [0.2, 0.25) is 0 Å². The largest absolute Gasteiger partial charge is 0.386 e. The first-order valence-electron chi connectivity index (χ1n) is 7.66. The van der Waals surface area contributed by atoms with Gasteiger partial charge in [0.05, 0.1) is 24.6 Å². The molecule has 0 bridgehead atoms. The second kappa shape index (κ2) is 5.72. The van der Waals surface area contributed by atoms with Gasteiger partial charge < -0.3 is 14.9 Å². The number of piperidine rings is 1. The van der Waals surface area contributed by atoms with Gasteiger partial charge >= 0.3 is 0 Å². The van der Waals surface area contributed by atoms with Crippen molar-refractivity contribution < 1.29 is 14.7 Å². The van der Waals surface area contributed by atoms with Gasteiger partial charge in [0.25, 0.3) is 0 Å². The molecule has 2 heterocycles. The van der Waals surface area contributed by atoms with Gasteiger partial charge in [0.2, 0.25) is 11.8 Å². The molecule has 2 rings (SSSR count). The lowest BCUT2D eigenvalue weighted by Crippen LogP contribution is -2.65. The summed E-state index contributed by atoms with van der Waals surface area (Å²) in [6.07, 6.45) is 2.42. The first-order chi connectivity index (χ1) is 9.36. The van der Waals surface area contributed by atoms with Crippen LogP contribution in [0.25, 0.3) is 0 Å². The van der Waals surface area contributed by atoms with Gasteiger partial charge in [0.15, 0.2) is 0 Å². The number of carbonyl (C=O) groups excluding carboxylic acids is 2. The summed E-state index contributed by atoms with van der Waals surface area (Å²) in [5.74, 6) is 0.131. The van der Waals surface area contributed by atoms with Gasteiger partial charge in [0, 0.05) is 19.0 Å². The molecule has 2 fully saturated rings. The van der Waals surface area contributed by atoms with Crippen LogP contribution in [0.1, 0.15) is 40.0 Å². The van der Waals surface area contributed by atoms with E-state index in [2.05, 4.69) is 0 Å². The average molecular weight is 282 g/mol. The van der Waals surface area contributed by atoms with Crippen molar-refractivity contribution >= 4 is 11.8 Å². The highest BCUT2D eigenvalue weighted by Crippen LogP contribution is 2.28. The zero-order chi connectivity index (χ0) is 14.9. The fraction of sp³-hybridized carbons (Fsp3) is 0.867. The highest BCUT2D eigenvalue weighted by molar-refractivity contribution is 5.82. The van der Waals surface area contributed by atoms with Crippen molar-refractivity contribution in [3.63, 3.8) is 0 Å². The maximum absolute atomic E-state index is 12.4. The highest BCUT2D eigenvalue weighted by atomic mass is 16.3. The first kappa shape index (κ1) is 15.3. The predicted octanol–water partition coefficient (Wildman–Crippen LogP) is 0.864. The van der Waals surface area contributed by atoms with Gasteiger partial charge in [-0.3, -0.25) is 9.59 Å². The Bertz CT molecular complexity index is 389. The number of likely N-dealkylation sites (tertiary alicyclic amines) is 2. The molecule has 0 aliphatic carbocycles. The monoisotopic (exact) mass is 282 g/mol. The van der Waals surface area contributed by atoms with Gasteiger partial charge in [0.1, 0.15) is 0 Å². The molecular weight excluding hydrogens is 256 g/mol. The van der Waals surface area contributed by atoms with Crippen molar-refractivity contribution in [2.75, 3.05) is 26.2 Å². The van der Waals surface area contributed by atoms with Gasteiger partial charge in [-0.05, 0) is 19.3 Å². The molecule has 0 spiro atoms. The van der Waals surface area contributed by atoms with E-state index in [1.54, 1.807) is 4.90 Å². The number of nitrogens with zero attached hydrogens (tertiary/aromatic N) is 2. The lowest BCUT2D eigenvalue weighted by Gasteiger charge is -2.48. The third kappa shape index (κ3) is 2.97. The molecule has 2 aliphatic rings. The van der Waals surface area contributed by atoms with Crippen molar-refractivity contribution in [2.45, 2.75) is 45.6 Å². The number of carbonyl (C=O) groups is 2. The van der Waals surface area contributed by atoms with Crippen molar-refractivity contribution in [1.29, 1.82) is 0 Å². The van der Waals surface area contributed by atoms with Crippen molar-refractivity contribution in [1.82, 2.24) is 9.80 Å². The minimum Gasteiger partial charge on any atom is -0.386 e. The zero-order valence-electron chi connectivity index (χ0n) is 12.8. The summed E-state index contributed by atoms with van der Waals surface area (Å²) < 4.78 is 0. The number of β-amino-alcohol motifs (C(OH)–C–C–N with tert-alkyl or cyclic N) is 1. The van der Waals surface area contributed by atoms with Gasteiger partial charge in [-0.25, -0.2) is 0 Å². The Hall–Kier alpha value is -1.10. The second-order valence-corrected chi connectivity index (χ2v) is 6.55. The Morgan fingerprint density at radius 2 is 1.95 bits per heavy atom. The fourth-order valence-electron chi connectivity index (χ4n) is 3.05. The van der Waals surface area contributed by atoms with Crippen LogP contribution in [0.3, 0.4) is 0 Å². The Balaban J connectivity index is 1.90. The van der Waals surface area contributed by atoms with Crippen LogP contribution in [-0.2, 0) is 9.59 Å². The average Bonchev–Trinajstić information content (AvgIpc) is 2.42. The van der Waals surface area contributed by atoms with Crippen LogP contribution in [0.4, 0.5) is 0 Å². The van der Waals surface area contributed by atoms with Crippen molar-refractivity contribution in [3.8, 4) is 0 Å². The van der Waals surface area contributed by atoms with Crippen LogP contribution in [0, 0.1) is 11.8 Å². The van der Waals surface area contributed by atoms with Crippen LogP contribution in [-0.4, -0.2) is 58.5 Å². The lowest BCUT2D eigenvalue weighted by molar-refractivity contribution is -0.162. The molecule has 20 heavy (non-hydrogen) atoms. The quantitative estimate of drug-likeness (QED) is 0.835. The minimum absolute atomic E-state index is 0.0157. The molecule has 5 heteroatoms. The number of hydrogen-bond acceptors (Lipinski definition) is 3. The van der Waals surface area contributed by atoms with Crippen LogP contribution in [0.15, 0.2) is 0 Å². The summed E-state index contributed by atoms with van der Waals surface area (Å²) in [5.41, 5.74) is -0.683. The number of aliphatic hydroxyl groups is 1. The molecule has 0 radical (unpaired) electrons. The first-order valence-corrected chi connectivity index (χ1v) is 7.66. The van der Waals surface area contributed by atoms with Crippen molar-refractivity contribution in [3.05, 3.63) is 0 Å². The minimum atomic E-state index is -0.683. The van der Waals surface area contributed by atoms with E-state index in [0.29, 0.717) is 26.1 Å². The summed E-state index contributed by atoms with van der Waals surface area (Å²) in [5, 5.41) is 9.99. The third-order valence-electron chi connectivity index (χ3n) is 4.52. The Morgan fingerprint density at radius 3 is 2.50 bits per heavy atom. The van der Waals surface area contributed by atoms with E-state index in [1.807, 2.05) is 25.7 Å². The third-order valence-corrected chi connectivity index (χ3v) is 4.52. The zero-order valence-corrected chi connectivity index (χ0v) is 12.8. The number of amides is 2. The standard InChI is InChI=1S/C15H26N2O3/c1-4-15(20)9-17(10-15)14(19)12-6-5-7-16(8-12)13(18)11(2)3/h11-12,20H,4-10H2,1-3H3. The second-order valence-electron chi connectivity index (χ2n) is 6.55. The van der Waals surface area contributed by atoms with Gasteiger partial charge in [-0.15, -0.1) is 0 Å².